The van der Waals surface area contributed by atoms with Crippen molar-refractivity contribution in [2.24, 2.45) is 0 Å². The molecule has 1 atom stereocenters. The number of hydrogen-bond donors (Lipinski definition) is 0. The van der Waals surface area contributed by atoms with E-state index in [1.54, 1.807) is 14.0 Å². The van der Waals surface area contributed by atoms with Gasteiger partial charge in [0.15, 0.2) is 5.78 Å². The van der Waals surface area contributed by atoms with E-state index >= 15 is 0 Å². The largest absolute Gasteiger partial charge is 0.385 e. The number of carbonyl (C=O) groups is 1. The molecule has 0 heterocycles. The highest BCUT2D eigenvalue weighted by Crippen LogP contribution is 2.12. The van der Waals surface area contributed by atoms with Gasteiger partial charge in [-0.15, -0.1) is 0 Å². The second-order valence-electron chi connectivity index (χ2n) is 5.14. The van der Waals surface area contributed by atoms with Gasteiger partial charge in [-0.05, 0) is 44.4 Å². The molecular formula is C17H26O4. The van der Waals surface area contributed by atoms with Crippen LogP contribution in [0.4, 0.5) is 0 Å². The summed E-state index contributed by atoms with van der Waals surface area (Å²) in [5.74, 6) is 0.0116. The molecule has 0 aliphatic carbocycles. The SMILES string of the molecule is COCCCOCCOC(C)C(=O)c1ccc(C)c(C)c1. The number of aryl methyl sites for hydroxylation is 2. The second kappa shape index (κ2) is 9.66. The van der Waals surface area contributed by atoms with Gasteiger partial charge in [0.25, 0.3) is 0 Å². The van der Waals surface area contributed by atoms with Crippen LogP contribution < -0.4 is 0 Å². The van der Waals surface area contributed by atoms with Crippen molar-refractivity contribution < 1.29 is 19.0 Å². The lowest BCUT2D eigenvalue weighted by atomic mass is 10.0. The van der Waals surface area contributed by atoms with Gasteiger partial charge in [0.05, 0.1) is 13.2 Å². The van der Waals surface area contributed by atoms with Gasteiger partial charge >= 0.3 is 0 Å². The minimum absolute atomic E-state index is 0.0116. The Morgan fingerprint density at radius 2 is 1.86 bits per heavy atom. The molecule has 1 unspecified atom stereocenters. The molecule has 0 saturated carbocycles. The van der Waals surface area contributed by atoms with Gasteiger partial charge in [-0.1, -0.05) is 12.1 Å². The van der Waals surface area contributed by atoms with Crippen LogP contribution in [0.25, 0.3) is 0 Å². The van der Waals surface area contributed by atoms with E-state index in [0.29, 0.717) is 32.0 Å². The van der Waals surface area contributed by atoms with E-state index in [1.807, 2.05) is 32.0 Å². The minimum Gasteiger partial charge on any atom is -0.385 e. The number of rotatable bonds is 10. The van der Waals surface area contributed by atoms with Crippen LogP contribution in [0, 0.1) is 13.8 Å². The highest BCUT2D eigenvalue weighted by atomic mass is 16.5. The number of carbonyl (C=O) groups excluding carboxylic acids is 1. The fourth-order valence-electron chi connectivity index (χ4n) is 1.90. The quantitative estimate of drug-likeness (QED) is 0.491. The summed E-state index contributed by atoms with van der Waals surface area (Å²) in [6.07, 6.45) is 0.419. The van der Waals surface area contributed by atoms with Crippen molar-refractivity contribution in [1.29, 1.82) is 0 Å². The van der Waals surface area contributed by atoms with E-state index in [-0.39, 0.29) is 5.78 Å². The fourth-order valence-corrected chi connectivity index (χ4v) is 1.90. The standard InChI is InChI=1S/C17H26O4/c1-13-6-7-16(12-14(13)2)17(18)15(3)21-11-10-20-9-5-8-19-4/h6-7,12,15H,5,8-11H2,1-4H3. The van der Waals surface area contributed by atoms with Crippen LogP contribution in [-0.4, -0.2) is 45.4 Å². The van der Waals surface area contributed by atoms with Gasteiger partial charge in [-0.25, -0.2) is 0 Å². The van der Waals surface area contributed by atoms with Gasteiger partial charge in [0, 0.05) is 25.9 Å². The predicted molar refractivity (Wildman–Crippen MR) is 83.0 cm³/mol. The van der Waals surface area contributed by atoms with Gasteiger partial charge in [0.2, 0.25) is 0 Å². The zero-order valence-electron chi connectivity index (χ0n) is 13.5. The van der Waals surface area contributed by atoms with Crippen molar-refractivity contribution in [1.82, 2.24) is 0 Å². The van der Waals surface area contributed by atoms with Crippen LogP contribution in [0.15, 0.2) is 18.2 Å². The average Bonchev–Trinajstić information content (AvgIpc) is 2.48. The van der Waals surface area contributed by atoms with Gasteiger partial charge in [0.1, 0.15) is 6.10 Å². The minimum atomic E-state index is -0.449. The Bertz CT molecular complexity index is 442. The molecule has 1 rings (SSSR count). The van der Waals surface area contributed by atoms with Crippen LogP contribution >= 0.6 is 0 Å². The molecule has 118 valence electrons. The van der Waals surface area contributed by atoms with Crippen molar-refractivity contribution in [2.75, 3.05) is 33.5 Å². The first-order chi connectivity index (χ1) is 10.1. The second-order valence-corrected chi connectivity index (χ2v) is 5.14. The number of ketones is 1. The molecule has 1 aromatic rings. The summed E-state index contributed by atoms with van der Waals surface area (Å²) in [4.78, 5) is 12.2. The molecule has 0 aromatic heterocycles. The molecule has 0 spiro atoms. The lowest BCUT2D eigenvalue weighted by molar-refractivity contribution is 0.0116. The summed E-state index contributed by atoms with van der Waals surface area (Å²) in [6.45, 7) is 8.08. The molecule has 1 aromatic carbocycles. The molecule has 4 nitrogen and oxygen atoms in total. The summed E-state index contributed by atoms with van der Waals surface area (Å²) >= 11 is 0. The molecule has 0 bridgehead atoms. The Balaban J connectivity index is 2.29. The zero-order valence-corrected chi connectivity index (χ0v) is 13.5. The van der Waals surface area contributed by atoms with Crippen LogP contribution in [0.2, 0.25) is 0 Å². The van der Waals surface area contributed by atoms with E-state index in [0.717, 1.165) is 12.0 Å². The van der Waals surface area contributed by atoms with Gasteiger partial charge < -0.3 is 14.2 Å². The maximum absolute atomic E-state index is 12.2. The molecule has 0 radical (unpaired) electrons. The highest BCUT2D eigenvalue weighted by molar-refractivity contribution is 5.99. The Hall–Kier alpha value is -1.23. The third-order valence-electron chi connectivity index (χ3n) is 3.39. The molecule has 0 amide bonds. The Morgan fingerprint density at radius 1 is 1.10 bits per heavy atom. The smallest absolute Gasteiger partial charge is 0.191 e. The van der Waals surface area contributed by atoms with E-state index in [2.05, 4.69) is 0 Å². The third-order valence-corrected chi connectivity index (χ3v) is 3.39. The fraction of sp³-hybridized carbons (Fsp3) is 0.588. The van der Waals surface area contributed by atoms with Crippen LogP contribution in [0.1, 0.15) is 34.8 Å². The van der Waals surface area contributed by atoms with Crippen molar-refractivity contribution in [3.05, 3.63) is 34.9 Å². The first kappa shape index (κ1) is 17.8. The summed E-state index contributed by atoms with van der Waals surface area (Å²) in [5, 5.41) is 0. The normalized spacial score (nSPS) is 12.4. The Morgan fingerprint density at radius 3 is 2.52 bits per heavy atom. The van der Waals surface area contributed by atoms with Crippen molar-refractivity contribution in [2.45, 2.75) is 33.3 Å². The first-order valence-electron chi connectivity index (χ1n) is 7.36. The lowest BCUT2D eigenvalue weighted by Gasteiger charge is -2.13. The molecule has 0 aliphatic rings. The van der Waals surface area contributed by atoms with E-state index in [9.17, 15) is 4.79 Å². The number of Topliss-reactive ketones (excluding diaryl/α,β-unsaturated/α-hetero) is 1. The summed E-state index contributed by atoms with van der Waals surface area (Å²) in [7, 11) is 1.67. The molecule has 0 saturated heterocycles. The Kier molecular flexibility index (Phi) is 8.20. The maximum atomic E-state index is 12.2. The molecule has 4 heteroatoms. The third kappa shape index (κ3) is 6.38. The van der Waals surface area contributed by atoms with Crippen molar-refractivity contribution >= 4 is 5.78 Å². The zero-order chi connectivity index (χ0) is 15.7. The van der Waals surface area contributed by atoms with E-state index in [4.69, 9.17) is 14.2 Å². The van der Waals surface area contributed by atoms with Crippen LogP contribution in [0.3, 0.4) is 0 Å². The van der Waals surface area contributed by atoms with E-state index in [1.165, 1.54) is 5.56 Å². The molecular weight excluding hydrogens is 268 g/mol. The van der Waals surface area contributed by atoms with Crippen molar-refractivity contribution in [3.8, 4) is 0 Å². The number of methoxy groups -OCH3 is 1. The average molecular weight is 294 g/mol. The van der Waals surface area contributed by atoms with Gasteiger partial charge in [-0.3, -0.25) is 4.79 Å². The van der Waals surface area contributed by atoms with Crippen molar-refractivity contribution in [3.63, 3.8) is 0 Å². The summed E-state index contributed by atoms with van der Waals surface area (Å²) in [5.41, 5.74) is 3.01. The molecule has 0 fully saturated rings. The maximum Gasteiger partial charge on any atom is 0.191 e. The number of hydrogen-bond acceptors (Lipinski definition) is 4. The first-order valence-corrected chi connectivity index (χ1v) is 7.36. The monoisotopic (exact) mass is 294 g/mol. The topological polar surface area (TPSA) is 44.8 Å². The molecule has 0 aliphatic heterocycles. The number of ether oxygens (including phenoxy) is 3. The number of benzene rings is 1. The van der Waals surface area contributed by atoms with Gasteiger partial charge in [-0.2, -0.15) is 0 Å². The highest BCUT2D eigenvalue weighted by Gasteiger charge is 2.15. The van der Waals surface area contributed by atoms with Crippen LogP contribution in [0.5, 0.6) is 0 Å². The van der Waals surface area contributed by atoms with Crippen LogP contribution in [-0.2, 0) is 14.2 Å². The summed E-state index contributed by atoms with van der Waals surface area (Å²) < 4.78 is 15.8. The summed E-state index contributed by atoms with van der Waals surface area (Å²) in [6, 6.07) is 5.73. The lowest BCUT2D eigenvalue weighted by Crippen LogP contribution is -2.23. The molecule has 21 heavy (non-hydrogen) atoms. The Labute approximate surface area is 127 Å². The molecule has 0 N–H and O–H groups in total. The van der Waals surface area contributed by atoms with E-state index < -0.39 is 6.10 Å². The predicted octanol–water partition coefficient (Wildman–Crippen LogP) is 2.94.